The molecular weight excluding hydrogens is 685 g/mol. The van der Waals surface area contributed by atoms with Crippen LogP contribution in [0.3, 0.4) is 0 Å². The van der Waals surface area contributed by atoms with E-state index in [1.807, 2.05) is 0 Å². The molecule has 2 aliphatic carbocycles. The molecule has 0 unspecified atom stereocenters. The normalized spacial score (nSPS) is 13.4. The Hall–Kier alpha value is -7.28. The summed E-state index contributed by atoms with van der Waals surface area (Å²) in [6.45, 7) is 0. The second-order valence-electron chi connectivity index (χ2n) is 15.8. The Kier molecular flexibility index (Phi) is 6.19. The van der Waals surface area contributed by atoms with Crippen LogP contribution in [0.4, 0.5) is 0 Å². The molecule has 0 atom stereocenters. The first-order valence-corrected chi connectivity index (χ1v) is 20.0. The minimum absolute atomic E-state index is 0.470. The Morgan fingerprint density at radius 3 is 1.30 bits per heavy atom. The second-order valence-corrected chi connectivity index (χ2v) is 15.8. The summed E-state index contributed by atoms with van der Waals surface area (Å²) in [5.74, 6) is 0. The first-order valence-electron chi connectivity index (χ1n) is 20.0. The molecule has 0 aliphatic heterocycles. The largest absolute Gasteiger partial charge is 0.0731 e. The zero-order valence-electron chi connectivity index (χ0n) is 31.1. The highest BCUT2D eigenvalue weighted by Crippen LogP contribution is 2.65. The predicted octanol–water partition coefficient (Wildman–Crippen LogP) is 15.1. The Bertz CT molecular complexity index is 3410. The van der Waals surface area contributed by atoms with Crippen LogP contribution in [-0.4, -0.2) is 0 Å². The summed E-state index contributed by atoms with van der Waals surface area (Å²) in [6.07, 6.45) is 0. The molecular formula is C57H34. The van der Waals surface area contributed by atoms with Crippen LogP contribution in [0, 0.1) is 0 Å². The van der Waals surface area contributed by atoms with Crippen molar-refractivity contribution in [2.75, 3.05) is 0 Å². The molecule has 0 radical (unpaired) electrons. The van der Waals surface area contributed by atoms with Crippen LogP contribution in [-0.2, 0) is 5.41 Å². The minimum atomic E-state index is -0.470. The first kappa shape index (κ1) is 31.0. The van der Waals surface area contributed by atoms with Crippen LogP contribution in [0.2, 0.25) is 0 Å². The molecule has 2 aliphatic rings. The third kappa shape index (κ3) is 3.97. The quantitative estimate of drug-likeness (QED) is 0.123. The number of fused-ring (bicyclic) bond motifs is 18. The van der Waals surface area contributed by atoms with Gasteiger partial charge in [-0.1, -0.05) is 188 Å². The Labute approximate surface area is 330 Å². The Balaban J connectivity index is 1.16. The van der Waals surface area contributed by atoms with E-state index >= 15 is 0 Å². The van der Waals surface area contributed by atoms with E-state index in [1.165, 1.54) is 121 Å². The van der Waals surface area contributed by atoms with Gasteiger partial charge in [-0.05, 0) is 139 Å². The zero-order valence-corrected chi connectivity index (χ0v) is 31.1. The molecule has 11 aromatic rings. The number of hydrogen-bond donors (Lipinski definition) is 0. The minimum Gasteiger partial charge on any atom is -0.0622 e. The van der Waals surface area contributed by atoms with Crippen LogP contribution in [0.25, 0.3) is 98.4 Å². The molecule has 0 amide bonds. The van der Waals surface area contributed by atoms with Crippen LogP contribution < -0.4 is 0 Å². The summed E-state index contributed by atoms with van der Waals surface area (Å²) in [6, 6.07) is 77.6. The highest BCUT2D eigenvalue weighted by atomic mass is 14.5. The maximum absolute atomic E-state index is 2.55. The summed E-state index contributed by atoms with van der Waals surface area (Å²) in [4.78, 5) is 0. The van der Waals surface area contributed by atoms with Gasteiger partial charge in [-0.15, -0.1) is 0 Å². The zero-order chi connectivity index (χ0) is 37.2. The molecule has 0 saturated heterocycles. The standard InChI is InChI=1S/C57H34/c1-2-16-35(17-3-1)53-44-23-7-9-25-46(44)54(47-26-10-8-24-45(47)53)37-31-30-36-33-49-52(34-38(36)32-37)57(50-28-14-12-20-41(50)42-21-13-15-29-51(42)57)56-48-27-11-5-19-40(48)39-18-4-6-22-43(39)55(49)56/h1-34H. The number of hydrogen-bond acceptors (Lipinski definition) is 0. The van der Waals surface area contributed by atoms with Gasteiger partial charge in [0.1, 0.15) is 0 Å². The van der Waals surface area contributed by atoms with Gasteiger partial charge < -0.3 is 0 Å². The third-order valence-electron chi connectivity index (χ3n) is 13.2. The smallest absolute Gasteiger partial charge is 0.0622 e. The van der Waals surface area contributed by atoms with E-state index in [0.29, 0.717) is 0 Å². The Morgan fingerprint density at radius 2 is 0.702 bits per heavy atom. The fraction of sp³-hybridized carbons (Fsp3) is 0.0175. The molecule has 1 spiro atoms. The van der Waals surface area contributed by atoms with E-state index < -0.39 is 5.41 Å². The van der Waals surface area contributed by atoms with Gasteiger partial charge in [-0.2, -0.15) is 0 Å². The van der Waals surface area contributed by atoms with Crippen molar-refractivity contribution >= 4 is 53.9 Å². The summed E-state index contributed by atoms with van der Waals surface area (Å²) >= 11 is 0. The molecule has 0 heteroatoms. The van der Waals surface area contributed by atoms with E-state index in [1.54, 1.807) is 0 Å². The summed E-state index contributed by atoms with van der Waals surface area (Å²) in [5.41, 5.74) is 15.5. The number of rotatable bonds is 2. The first-order chi connectivity index (χ1) is 28.3. The summed E-state index contributed by atoms with van der Waals surface area (Å²) in [7, 11) is 0. The molecule has 0 nitrogen and oxygen atoms in total. The van der Waals surface area contributed by atoms with Crippen molar-refractivity contribution in [3.8, 4) is 44.5 Å². The average molecular weight is 719 g/mol. The second kappa shape index (κ2) is 11.4. The lowest BCUT2D eigenvalue weighted by molar-refractivity contribution is 0.803. The van der Waals surface area contributed by atoms with Gasteiger partial charge in [-0.3, -0.25) is 0 Å². The SMILES string of the molecule is c1ccc(-c2c3ccccc3c(-c3ccc4cc5c(cc4c3)C3(c4ccccc4-c4ccccc43)c3c-5c4ccccc4c4ccccc34)c3ccccc23)cc1. The van der Waals surface area contributed by atoms with Gasteiger partial charge >= 0.3 is 0 Å². The number of benzene rings is 11. The lowest BCUT2D eigenvalue weighted by atomic mass is 9.69. The molecule has 0 heterocycles. The molecule has 0 N–H and O–H groups in total. The van der Waals surface area contributed by atoms with Gasteiger partial charge in [0, 0.05) is 0 Å². The van der Waals surface area contributed by atoms with E-state index in [2.05, 4.69) is 206 Å². The molecule has 0 saturated carbocycles. The van der Waals surface area contributed by atoms with Crippen LogP contribution in [0.15, 0.2) is 206 Å². The molecule has 57 heavy (non-hydrogen) atoms. The van der Waals surface area contributed by atoms with E-state index in [0.717, 1.165) is 0 Å². The fourth-order valence-corrected chi connectivity index (χ4v) is 11.1. The lowest BCUT2D eigenvalue weighted by Crippen LogP contribution is -2.26. The van der Waals surface area contributed by atoms with Gasteiger partial charge in [0.15, 0.2) is 0 Å². The molecule has 11 aromatic carbocycles. The molecule has 0 fully saturated rings. The van der Waals surface area contributed by atoms with Crippen molar-refractivity contribution in [1.82, 2.24) is 0 Å². The van der Waals surface area contributed by atoms with E-state index in [4.69, 9.17) is 0 Å². The van der Waals surface area contributed by atoms with Crippen LogP contribution in [0.1, 0.15) is 22.3 Å². The van der Waals surface area contributed by atoms with Gasteiger partial charge in [0.2, 0.25) is 0 Å². The summed E-state index contributed by atoms with van der Waals surface area (Å²) in [5, 5.41) is 12.9. The topological polar surface area (TPSA) is 0 Å². The fourth-order valence-electron chi connectivity index (χ4n) is 11.1. The third-order valence-corrected chi connectivity index (χ3v) is 13.2. The van der Waals surface area contributed by atoms with Crippen LogP contribution >= 0.6 is 0 Å². The highest BCUT2D eigenvalue weighted by Gasteiger charge is 2.53. The van der Waals surface area contributed by atoms with Crippen molar-refractivity contribution in [3.63, 3.8) is 0 Å². The maximum Gasteiger partial charge on any atom is 0.0731 e. The molecule has 13 rings (SSSR count). The van der Waals surface area contributed by atoms with Crippen molar-refractivity contribution in [3.05, 3.63) is 229 Å². The van der Waals surface area contributed by atoms with E-state index in [-0.39, 0.29) is 0 Å². The molecule has 262 valence electrons. The monoisotopic (exact) mass is 718 g/mol. The van der Waals surface area contributed by atoms with Crippen LogP contribution in [0.5, 0.6) is 0 Å². The highest BCUT2D eigenvalue weighted by molar-refractivity contribution is 6.23. The molecule has 0 bridgehead atoms. The Morgan fingerprint density at radius 1 is 0.246 bits per heavy atom. The van der Waals surface area contributed by atoms with Gasteiger partial charge in [0.05, 0.1) is 5.41 Å². The van der Waals surface area contributed by atoms with Crippen molar-refractivity contribution < 1.29 is 0 Å². The summed E-state index contributed by atoms with van der Waals surface area (Å²) < 4.78 is 0. The maximum atomic E-state index is 2.55. The lowest BCUT2D eigenvalue weighted by Gasteiger charge is -2.32. The van der Waals surface area contributed by atoms with E-state index in [9.17, 15) is 0 Å². The van der Waals surface area contributed by atoms with Gasteiger partial charge in [0.25, 0.3) is 0 Å². The predicted molar refractivity (Wildman–Crippen MR) is 241 cm³/mol. The van der Waals surface area contributed by atoms with Crippen molar-refractivity contribution in [2.45, 2.75) is 5.41 Å². The average Bonchev–Trinajstić information content (AvgIpc) is 3.75. The van der Waals surface area contributed by atoms with Gasteiger partial charge in [-0.25, -0.2) is 0 Å². The molecule has 0 aromatic heterocycles. The van der Waals surface area contributed by atoms with Crippen molar-refractivity contribution in [1.29, 1.82) is 0 Å². The van der Waals surface area contributed by atoms with Crippen molar-refractivity contribution in [2.24, 2.45) is 0 Å².